The lowest BCUT2D eigenvalue weighted by molar-refractivity contribution is -0.139. The van der Waals surface area contributed by atoms with Crippen molar-refractivity contribution >= 4 is 5.91 Å². The molecule has 0 unspecified atom stereocenters. The minimum absolute atomic E-state index is 0.0361. The molecule has 1 heterocycles. The van der Waals surface area contributed by atoms with E-state index < -0.39 is 23.8 Å². The normalized spacial score (nSPS) is 20.0. The minimum atomic E-state index is -4.73. The van der Waals surface area contributed by atoms with Gasteiger partial charge < -0.3 is 9.47 Å². The second-order valence-electron chi connectivity index (χ2n) is 7.27. The molecule has 4 nitrogen and oxygen atoms in total. The molecule has 1 aromatic carbocycles. The zero-order valence-corrected chi connectivity index (χ0v) is 15.7. The Bertz CT molecular complexity index is 869. The van der Waals surface area contributed by atoms with E-state index in [0.29, 0.717) is 5.92 Å². The van der Waals surface area contributed by atoms with Crippen LogP contribution in [0.2, 0.25) is 0 Å². The third-order valence-corrected chi connectivity index (χ3v) is 5.54. The Balaban J connectivity index is 1.62. The van der Waals surface area contributed by atoms with Gasteiger partial charge in [0.15, 0.2) is 0 Å². The maximum Gasteiger partial charge on any atom is 0.421 e. The number of hydrogen-bond acceptors (Lipinski definition) is 2. The Morgan fingerprint density at radius 2 is 1.71 bits per heavy atom. The van der Waals surface area contributed by atoms with Gasteiger partial charge in [0.25, 0.3) is 5.56 Å². The van der Waals surface area contributed by atoms with Crippen molar-refractivity contribution in [3.05, 3.63) is 70.1 Å². The van der Waals surface area contributed by atoms with Gasteiger partial charge in [0.05, 0.1) is 0 Å². The smallest absolute Gasteiger partial charge is 0.341 e. The number of pyridine rings is 1. The predicted molar refractivity (Wildman–Crippen MR) is 99.9 cm³/mol. The molecule has 0 N–H and O–H groups in total. The topological polar surface area (TPSA) is 42.3 Å². The lowest BCUT2D eigenvalue weighted by atomic mass is 9.81. The van der Waals surface area contributed by atoms with Crippen molar-refractivity contribution in [2.24, 2.45) is 0 Å². The van der Waals surface area contributed by atoms with Gasteiger partial charge in [-0.2, -0.15) is 13.2 Å². The molecule has 1 aliphatic carbocycles. The number of nitrogens with zero attached hydrogens (tertiary/aromatic N) is 2. The van der Waals surface area contributed by atoms with Crippen LogP contribution in [-0.4, -0.2) is 28.5 Å². The van der Waals surface area contributed by atoms with E-state index in [1.165, 1.54) is 11.8 Å². The maximum atomic E-state index is 12.9. The van der Waals surface area contributed by atoms with E-state index in [0.717, 1.165) is 42.4 Å². The number of amides is 1. The van der Waals surface area contributed by atoms with Crippen LogP contribution in [0.3, 0.4) is 0 Å². The van der Waals surface area contributed by atoms with Gasteiger partial charge in [-0.1, -0.05) is 30.3 Å². The molecule has 2 aromatic rings. The lowest BCUT2D eigenvalue weighted by Gasteiger charge is -2.35. The predicted octanol–water partition coefficient (Wildman–Crippen LogP) is 4.05. The third kappa shape index (κ3) is 4.46. The summed E-state index contributed by atoms with van der Waals surface area (Å²) in [5.41, 5.74) is -1.15. The average molecular weight is 392 g/mol. The highest BCUT2D eigenvalue weighted by atomic mass is 19.4. The second kappa shape index (κ2) is 8.20. The van der Waals surface area contributed by atoms with Gasteiger partial charge >= 0.3 is 6.18 Å². The Hall–Kier alpha value is -2.57. The fourth-order valence-corrected chi connectivity index (χ4v) is 3.86. The Kier molecular flexibility index (Phi) is 5.91. The number of rotatable bonds is 4. The number of alkyl halides is 3. The molecule has 1 amide bonds. The van der Waals surface area contributed by atoms with Crippen molar-refractivity contribution in [3.63, 3.8) is 0 Å². The Labute approximate surface area is 161 Å². The zero-order chi connectivity index (χ0) is 20.3. The van der Waals surface area contributed by atoms with Crippen LogP contribution in [0.5, 0.6) is 0 Å². The molecule has 1 aromatic heterocycles. The van der Waals surface area contributed by atoms with Gasteiger partial charge in [-0.15, -0.1) is 0 Å². The van der Waals surface area contributed by atoms with Crippen LogP contribution < -0.4 is 5.56 Å². The van der Waals surface area contributed by atoms with Gasteiger partial charge in [0.2, 0.25) is 5.91 Å². The molecule has 0 bridgehead atoms. The van der Waals surface area contributed by atoms with Crippen molar-refractivity contribution in [1.29, 1.82) is 0 Å². The summed E-state index contributed by atoms with van der Waals surface area (Å²) in [5, 5.41) is 0. The minimum Gasteiger partial charge on any atom is -0.341 e. The van der Waals surface area contributed by atoms with Gasteiger partial charge in [-0.3, -0.25) is 9.59 Å². The molecule has 0 atom stereocenters. The maximum absolute atomic E-state index is 12.9. The average Bonchev–Trinajstić information content (AvgIpc) is 2.69. The first kappa shape index (κ1) is 20.2. The highest BCUT2D eigenvalue weighted by Crippen LogP contribution is 2.34. The number of aromatic nitrogens is 1. The van der Waals surface area contributed by atoms with E-state index in [9.17, 15) is 22.8 Å². The van der Waals surface area contributed by atoms with Crippen molar-refractivity contribution in [1.82, 2.24) is 9.47 Å². The highest BCUT2D eigenvalue weighted by Gasteiger charge is 2.34. The van der Waals surface area contributed by atoms with Crippen LogP contribution in [0.15, 0.2) is 53.5 Å². The zero-order valence-electron chi connectivity index (χ0n) is 15.7. The number of likely N-dealkylation sites (N-methyl/N-ethyl adjacent to an activating group) is 1. The van der Waals surface area contributed by atoms with Gasteiger partial charge in [0, 0.05) is 19.3 Å². The van der Waals surface area contributed by atoms with Crippen LogP contribution in [0.4, 0.5) is 13.2 Å². The molecular formula is C21H23F3N2O2. The van der Waals surface area contributed by atoms with Gasteiger partial charge in [-0.25, -0.2) is 0 Å². The first-order chi connectivity index (χ1) is 13.3. The summed E-state index contributed by atoms with van der Waals surface area (Å²) in [5.74, 6) is 0.108. The molecule has 7 heteroatoms. The summed E-state index contributed by atoms with van der Waals surface area (Å²) >= 11 is 0. The van der Waals surface area contributed by atoms with E-state index in [-0.39, 0.29) is 11.9 Å². The van der Waals surface area contributed by atoms with Crippen LogP contribution in [-0.2, 0) is 17.5 Å². The van der Waals surface area contributed by atoms with Crippen molar-refractivity contribution < 1.29 is 18.0 Å². The second-order valence-corrected chi connectivity index (χ2v) is 7.27. The largest absolute Gasteiger partial charge is 0.421 e. The summed E-state index contributed by atoms with van der Waals surface area (Å²) in [6, 6.07) is 12.2. The fourth-order valence-electron chi connectivity index (χ4n) is 3.86. The summed E-state index contributed by atoms with van der Waals surface area (Å²) < 4.78 is 39.5. The summed E-state index contributed by atoms with van der Waals surface area (Å²) in [6.45, 7) is -0.391. The number of carbonyl (C=O) groups is 1. The van der Waals surface area contributed by atoms with Crippen LogP contribution in [0.25, 0.3) is 0 Å². The summed E-state index contributed by atoms with van der Waals surface area (Å²) in [4.78, 5) is 26.2. The molecule has 0 radical (unpaired) electrons. The molecule has 1 fully saturated rings. The Morgan fingerprint density at radius 3 is 2.32 bits per heavy atom. The Morgan fingerprint density at radius 1 is 1.07 bits per heavy atom. The third-order valence-electron chi connectivity index (χ3n) is 5.54. The number of carbonyl (C=O) groups excluding carboxylic acids is 1. The van der Waals surface area contributed by atoms with Crippen LogP contribution >= 0.6 is 0 Å². The van der Waals surface area contributed by atoms with E-state index in [4.69, 9.17) is 0 Å². The standard InChI is InChI=1S/C21H23F3N2O2/c1-25(17-11-9-16(10-12-17)15-6-3-2-4-7-15)19(27)14-26-13-5-8-18(20(26)28)21(22,23)24/h2-8,13,16-17H,9-12,14H2,1H3. The molecule has 28 heavy (non-hydrogen) atoms. The first-order valence-electron chi connectivity index (χ1n) is 9.34. The molecule has 0 spiro atoms. The van der Waals surface area contributed by atoms with E-state index >= 15 is 0 Å². The van der Waals surface area contributed by atoms with Gasteiger partial charge in [0.1, 0.15) is 12.1 Å². The summed E-state index contributed by atoms with van der Waals surface area (Å²) in [6.07, 6.45) is 0.0602. The molecular weight excluding hydrogens is 369 g/mol. The van der Waals surface area contributed by atoms with Crippen LogP contribution in [0.1, 0.15) is 42.7 Å². The number of benzene rings is 1. The molecule has 150 valence electrons. The molecule has 1 aliphatic rings. The highest BCUT2D eigenvalue weighted by molar-refractivity contribution is 5.76. The lowest BCUT2D eigenvalue weighted by Crippen LogP contribution is -2.42. The number of halogens is 3. The molecule has 0 saturated heterocycles. The first-order valence-corrected chi connectivity index (χ1v) is 9.34. The molecule has 0 aliphatic heterocycles. The van der Waals surface area contributed by atoms with E-state index in [1.807, 2.05) is 18.2 Å². The quantitative estimate of drug-likeness (QED) is 0.788. The van der Waals surface area contributed by atoms with Crippen LogP contribution in [0, 0.1) is 0 Å². The van der Waals surface area contributed by atoms with Crippen molar-refractivity contribution in [2.45, 2.75) is 50.4 Å². The molecule has 1 saturated carbocycles. The fraction of sp³-hybridized carbons (Fsp3) is 0.429. The van der Waals surface area contributed by atoms with E-state index in [2.05, 4.69) is 12.1 Å². The van der Waals surface area contributed by atoms with Crippen molar-refractivity contribution in [2.75, 3.05) is 7.05 Å². The van der Waals surface area contributed by atoms with Crippen molar-refractivity contribution in [3.8, 4) is 0 Å². The van der Waals surface area contributed by atoms with Gasteiger partial charge in [-0.05, 0) is 49.3 Å². The number of hydrogen-bond donors (Lipinski definition) is 0. The monoisotopic (exact) mass is 392 g/mol. The molecule has 3 rings (SSSR count). The SMILES string of the molecule is CN(C(=O)Cn1cccc(C(F)(F)F)c1=O)C1CCC(c2ccccc2)CC1. The van der Waals surface area contributed by atoms with E-state index in [1.54, 1.807) is 11.9 Å². The summed E-state index contributed by atoms with van der Waals surface area (Å²) in [7, 11) is 1.66.